The topological polar surface area (TPSA) is 66.5 Å². The summed E-state index contributed by atoms with van der Waals surface area (Å²) in [7, 11) is 0. The van der Waals surface area contributed by atoms with Crippen molar-refractivity contribution in [1.29, 1.82) is 5.26 Å². The largest absolute Gasteiger partial charge is 0.365 e. The second-order valence-electron chi connectivity index (χ2n) is 4.20. The van der Waals surface area contributed by atoms with Crippen molar-refractivity contribution in [3.63, 3.8) is 0 Å². The smallest absolute Gasteiger partial charge is 0.126 e. The van der Waals surface area contributed by atoms with Gasteiger partial charge in [0.15, 0.2) is 0 Å². The van der Waals surface area contributed by atoms with Crippen LogP contribution in [0.4, 0.5) is 5.82 Å². The monoisotopic (exact) mass is 241 g/mol. The minimum Gasteiger partial charge on any atom is -0.365 e. The molecule has 18 heavy (non-hydrogen) atoms. The molecular formula is C13H15N5. The van der Waals surface area contributed by atoms with E-state index in [-0.39, 0.29) is 12.1 Å². The molecule has 2 atom stereocenters. The molecule has 0 spiro atoms. The van der Waals surface area contributed by atoms with Gasteiger partial charge in [-0.15, -0.1) is 0 Å². The lowest BCUT2D eigenvalue weighted by Crippen LogP contribution is -2.27. The number of aromatic nitrogens is 3. The van der Waals surface area contributed by atoms with E-state index in [1.165, 1.54) is 0 Å². The van der Waals surface area contributed by atoms with Crippen LogP contribution in [0.15, 0.2) is 36.8 Å². The molecule has 2 aromatic heterocycles. The minimum absolute atomic E-state index is 0.185. The van der Waals surface area contributed by atoms with E-state index in [2.05, 4.69) is 29.2 Å². The normalized spacial score (nSPS) is 13.6. The summed E-state index contributed by atoms with van der Waals surface area (Å²) in [6.07, 6.45) is 5.27. The predicted molar refractivity (Wildman–Crippen MR) is 69.0 cm³/mol. The van der Waals surface area contributed by atoms with Gasteiger partial charge in [0.1, 0.15) is 11.9 Å². The highest BCUT2D eigenvalue weighted by Gasteiger charge is 2.14. The summed E-state index contributed by atoms with van der Waals surface area (Å²) in [6.45, 7) is 4.17. The number of hydrogen-bond acceptors (Lipinski definition) is 4. The zero-order valence-corrected chi connectivity index (χ0v) is 10.4. The lowest BCUT2D eigenvalue weighted by atomic mass is 10.1. The Kier molecular flexibility index (Phi) is 3.58. The van der Waals surface area contributed by atoms with Crippen molar-refractivity contribution in [3.05, 3.63) is 42.4 Å². The lowest BCUT2D eigenvalue weighted by molar-refractivity contribution is 0.443. The van der Waals surface area contributed by atoms with Crippen molar-refractivity contribution in [2.24, 2.45) is 0 Å². The van der Waals surface area contributed by atoms with Gasteiger partial charge < -0.3 is 5.32 Å². The molecule has 5 heteroatoms. The number of pyridine rings is 1. The summed E-state index contributed by atoms with van der Waals surface area (Å²) in [5.74, 6) is 0.764. The maximum absolute atomic E-state index is 8.70. The Balaban J connectivity index is 2.02. The third-order valence-corrected chi connectivity index (χ3v) is 2.93. The van der Waals surface area contributed by atoms with Crippen LogP contribution in [-0.2, 0) is 0 Å². The fourth-order valence-electron chi connectivity index (χ4n) is 1.65. The van der Waals surface area contributed by atoms with Gasteiger partial charge in [-0.2, -0.15) is 10.4 Å². The van der Waals surface area contributed by atoms with Crippen molar-refractivity contribution < 1.29 is 0 Å². The number of nitrogens with zero attached hydrogens (tertiary/aromatic N) is 4. The van der Waals surface area contributed by atoms with Crippen LogP contribution in [0.3, 0.4) is 0 Å². The molecule has 0 saturated heterocycles. The van der Waals surface area contributed by atoms with Crippen molar-refractivity contribution in [3.8, 4) is 6.07 Å². The standard InChI is InChI=1S/C13H15N5/c1-10(11(2)18-7-3-6-16-18)17-13-5-4-12(8-14)9-15-13/h3-7,9-11H,1-2H3,(H,15,17)/t10-,11+/m0/s1. The first-order chi connectivity index (χ1) is 8.70. The SMILES string of the molecule is C[C@H](Nc1ccc(C#N)cn1)[C@@H](C)n1cccn1. The van der Waals surface area contributed by atoms with Gasteiger partial charge in [0.2, 0.25) is 0 Å². The molecule has 2 aromatic rings. The van der Waals surface area contributed by atoms with Gasteiger partial charge in [0.05, 0.1) is 11.6 Å². The molecule has 0 fully saturated rings. The molecular weight excluding hydrogens is 226 g/mol. The van der Waals surface area contributed by atoms with Gasteiger partial charge in [0, 0.05) is 24.6 Å². The van der Waals surface area contributed by atoms with Gasteiger partial charge in [-0.05, 0) is 32.0 Å². The highest BCUT2D eigenvalue weighted by molar-refractivity contribution is 5.39. The molecule has 0 saturated carbocycles. The van der Waals surface area contributed by atoms with Crippen LogP contribution in [0.2, 0.25) is 0 Å². The molecule has 0 amide bonds. The van der Waals surface area contributed by atoms with E-state index in [1.807, 2.05) is 29.1 Å². The molecule has 0 aromatic carbocycles. The number of nitriles is 1. The third-order valence-electron chi connectivity index (χ3n) is 2.93. The maximum atomic E-state index is 8.70. The highest BCUT2D eigenvalue weighted by Crippen LogP contribution is 2.14. The average molecular weight is 241 g/mol. The number of anilines is 1. The number of rotatable bonds is 4. The summed E-state index contributed by atoms with van der Waals surface area (Å²) in [5, 5.41) is 16.2. The van der Waals surface area contributed by atoms with Gasteiger partial charge in [-0.3, -0.25) is 4.68 Å². The number of nitrogens with one attached hydrogen (secondary N) is 1. The zero-order valence-electron chi connectivity index (χ0n) is 10.4. The van der Waals surface area contributed by atoms with E-state index in [0.717, 1.165) is 5.82 Å². The van der Waals surface area contributed by atoms with Crippen molar-refractivity contribution in [2.45, 2.75) is 25.9 Å². The molecule has 2 rings (SSSR count). The van der Waals surface area contributed by atoms with Gasteiger partial charge in [-0.25, -0.2) is 4.98 Å². The molecule has 0 radical (unpaired) electrons. The Morgan fingerprint density at radius 3 is 2.78 bits per heavy atom. The fraction of sp³-hybridized carbons (Fsp3) is 0.308. The van der Waals surface area contributed by atoms with E-state index in [0.29, 0.717) is 5.56 Å². The quantitative estimate of drug-likeness (QED) is 0.891. The van der Waals surface area contributed by atoms with Crippen molar-refractivity contribution in [1.82, 2.24) is 14.8 Å². The van der Waals surface area contributed by atoms with E-state index >= 15 is 0 Å². The van der Waals surface area contributed by atoms with E-state index in [9.17, 15) is 0 Å². The lowest BCUT2D eigenvalue weighted by Gasteiger charge is -2.22. The van der Waals surface area contributed by atoms with Crippen LogP contribution in [0, 0.1) is 11.3 Å². The predicted octanol–water partition coefficient (Wildman–Crippen LogP) is 2.21. The van der Waals surface area contributed by atoms with Crippen LogP contribution in [-0.4, -0.2) is 20.8 Å². The van der Waals surface area contributed by atoms with E-state index in [4.69, 9.17) is 5.26 Å². The zero-order chi connectivity index (χ0) is 13.0. The van der Waals surface area contributed by atoms with E-state index < -0.39 is 0 Å². The highest BCUT2D eigenvalue weighted by atomic mass is 15.3. The summed E-state index contributed by atoms with van der Waals surface area (Å²) in [4.78, 5) is 4.19. The van der Waals surface area contributed by atoms with Gasteiger partial charge in [0.25, 0.3) is 0 Å². The van der Waals surface area contributed by atoms with Crippen LogP contribution in [0.5, 0.6) is 0 Å². The first kappa shape index (κ1) is 12.1. The number of hydrogen-bond donors (Lipinski definition) is 1. The molecule has 5 nitrogen and oxygen atoms in total. The van der Waals surface area contributed by atoms with Crippen molar-refractivity contribution in [2.75, 3.05) is 5.32 Å². The molecule has 0 aliphatic carbocycles. The minimum atomic E-state index is 0.185. The summed E-state index contributed by atoms with van der Waals surface area (Å²) >= 11 is 0. The molecule has 0 aliphatic rings. The van der Waals surface area contributed by atoms with Crippen LogP contribution >= 0.6 is 0 Å². The Bertz CT molecular complexity index is 524. The second kappa shape index (κ2) is 5.32. The maximum Gasteiger partial charge on any atom is 0.126 e. The third kappa shape index (κ3) is 2.66. The Hall–Kier alpha value is -2.35. The van der Waals surface area contributed by atoms with Crippen molar-refractivity contribution >= 4 is 5.82 Å². The fourth-order valence-corrected chi connectivity index (χ4v) is 1.65. The van der Waals surface area contributed by atoms with E-state index in [1.54, 1.807) is 18.5 Å². The molecule has 0 aliphatic heterocycles. The molecule has 92 valence electrons. The summed E-state index contributed by atoms with van der Waals surface area (Å²) in [6, 6.07) is 7.92. The van der Waals surface area contributed by atoms with Gasteiger partial charge >= 0.3 is 0 Å². The average Bonchev–Trinajstić information content (AvgIpc) is 2.92. The molecule has 1 N–H and O–H groups in total. The molecule has 2 heterocycles. The molecule has 0 bridgehead atoms. The Labute approximate surface area is 106 Å². The first-order valence-corrected chi connectivity index (χ1v) is 5.82. The Morgan fingerprint density at radius 1 is 1.39 bits per heavy atom. The Morgan fingerprint density at radius 2 is 2.22 bits per heavy atom. The first-order valence-electron chi connectivity index (χ1n) is 5.82. The molecule has 0 unspecified atom stereocenters. The summed E-state index contributed by atoms with van der Waals surface area (Å²) < 4.78 is 1.90. The van der Waals surface area contributed by atoms with Crippen LogP contribution < -0.4 is 5.32 Å². The van der Waals surface area contributed by atoms with Crippen LogP contribution in [0.1, 0.15) is 25.5 Å². The van der Waals surface area contributed by atoms with Crippen LogP contribution in [0.25, 0.3) is 0 Å². The second-order valence-corrected chi connectivity index (χ2v) is 4.20. The summed E-state index contributed by atoms with van der Waals surface area (Å²) in [5.41, 5.74) is 0.563. The van der Waals surface area contributed by atoms with Gasteiger partial charge in [-0.1, -0.05) is 0 Å².